The van der Waals surface area contributed by atoms with Crippen LogP contribution in [-0.4, -0.2) is 13.2 Å². The minimum atomic E-state index is -2.45. The lowest BCUT2D eigenvalue weighted by molar-refractivity contribution is 0.150. The molecule has 0 saturated heterocycles. The number of benzene rings is 2. The maximum atomic E-state index is 13.0. The fourth-order valence-corrected chi connectivity index (χ4v) is 2.62. The van der Waals surface area contributed by atoms with Gasteiger partial charge in [-0.25, -0.2) is 8.78 Å². The summed E-state index contributed by atoms with van der Waals surface area (Å²) in [5.74, 6) is 1.43. The zero-order valence-corrected chi connectivity index (χ0v) is 15.9. The first-order valence-corrected chi connectivity index (χ1v) is 8.96. The number of rotatable bonds is 9. The van der Waals surface area contributed by atoms with E-state index in [0.717, 1.165) is 11.3 Å². The molecule has 26 heavy (non-hydrogen) atoms. The van der Waals surface area contributed by atoms with E-state index in [1.807, 2.05) is 19.1 Å². The number of aryl methyl sites for hydroxylation is 2. The first-order valence-electron chi connectivity index (χ1n) is 8.20. The van der Waals surface area contributed by atoms with E-state index >= 15 is 0 Å². The van der Waals surface area contributed by atoms with Gasteiger partial charge in [0, 0.05) is 5.56 Å². The highest BCUT2D eigenvalue weighted by molar-refractivity contribution is 6.55. The summed E-state index contributed by atoms with van der Waals surface area (Å²) in [4.78, 5) is 0. The van der Waals surface area contributed by atoms with Crippen LogP contribution < -0.4 is 9.47 Å². The second kappa shape index (κ2) is 10.4. The highest BCUT2D eigenvalue weighted by Crippen LogP contribution is 2.25. The Kier molecular flexibility index (Phi) is 8.20. The maximum Gasteiger partial charge on any atom is 0.264 e. The van der Waals surface area contributed by atoms with Crippen molar-refractivity contribution in [1.82, 2.24) is 0 Å². The van der Waals surface area contributed by atoms with E-state index in [-0.39, 0.29) is 16.7 Å². The summed E-state index contributed by atoms with van der Waals surface area (Å²) >= 11 is 11.1. The van der Waals surface area contributed by atoms with Gasteiger partial charge in [0.15, 0.2) is 0 Å². The smallest absolute Gasteiger partial charge is 0.264 e. The van der Waals surface area contributed by atoms with Crippen LogP contribution in [-0.2, 0) is 6.42 Å². The number of hydrogen-bond acceptors (Lipinski definition) is 2. The highest BCUT2D eigenvalue weighted by atomic mass is 35.5. The second-order valence-corrected chi connectivity index (χ2v) is 6.69. The summed E-state index contributed by atoms with van der Waals surface area (Å²) in [7, 11) is 0. The van der Waals surface area contributed by atoms with Crippen LogP contribution in [0.1, 0.15) is 29.5 Å². The van der Waals surface area contributed by atoms with Gasteiger partial charge in [-0.05, 0) is 55.2 Å². The number of hydrogen-bond donors (Lipinski definition) is 0. The van der Waals surface area contributed by atoms with Crippen molar-refractivity contribution in [3.05, 3.63) is 69.7 Å². The van der Waals surface area contributed by atoms with E-state index in [2.05, 4.69) is 0 Å². The Morgan fingerprint density at radius 2 is 1.88 bits per heavy atom. The summed E-state index contributed by atoms with van der Waals surface area (Å²) in [5, 5.41) is 0. The van der Waals surface area contributed by atoms with E-state index in [9.17, 15) is 8.78 Å². The molecule has 0 unspecified atom stereocenters. The molecular formula is C20H20Cl2F2O2. The molecule has 2 aromatic rings. The Morgan fingerprint density at radius 1 is 1.12 bits per heavy atom. The molecule has 6 heteroatoms. The third-order valence-corrected chi connectivity index (χ3v) is 4.08. The predicted octanol–water partition coefficient (Wildman–Crippen LogP) is 6.64. The molecule has 0 bridgehead atoms. The number of halogens is 4. The van der Waals surface area contributed by atoms with Crippen molar-refractivity contribution in [2.24, 2.45) is 0 Å². The minimum Gasteiger partial charge on any atom is -0.493 e. The van der Waals surface area contributed by atoms with Gasteiger partial charge in [-0.2, -0.15) is 0 Å². The van der Waals surface area contributed by atoms with Gasteiger partial charge in [0.1, 0.15) is 22.6 Å². The normalized spacial score (nSPS) is 10.7. The van der Waals surface area contributed by atoms with Crippen molar-refractivity contribution in [3.8, 4) is 11.5 Å². The second-order valence-electron chi connectivity index (χ2n) is 5.68. The Hall–Kier alpha value is -1.78. The van der Waals surface area contributed by atoms with Crippen LogP contribution in [0.5, 0.6) is 11.5 Å². The molecule has 0 aromatic heterocycles. The van der Waals surface area contributed by atoms with Gasteiger partial charge in [0.25, 0.3) is 6.43 Å². The first-order chi connectivity index (χ1) is 12.5. The highest BCUT2D eigenvalue weighted by Gasteiger charge is 2.11. The van der Waals surface area contributed by atoms with Crippen LogP contribution >= 0.6 is 23.2 Å². The number of alkyl halides is 2. The van der Waals surface area contributed by atoms with Crippen LogP contribution in [0.2, 0.25) is 0 Å². The Balaban J connectivity index is 1.84. The third kappa shape index (κ3) is 6.50. The standard InChI is InChI=1S/C20H20Cl2F2O2/c1-14-13-16(25-12-10-19(21)22)8-9-18(14)26-11-4-6-15-5-2-3-7-17(15)20(23)24/h2-3,5,7-10,13,20H,4,6,11-12H2,1H3. The van der Waals surface area contributed by atoms with Crippen LogP contribution in [0.3, 0.4) is 0 Å². The van der Waals surface area contributed by atoms with Crippen LogP contribution in [0.25, 0.3) is 0 Å². The summed E-state index contributed by atoms with van der Waals surface area (Å²) < 4.78 is 37.3. The van der Waals surface area contributed by atoms with E-state index in [1.54, 1.807) is 30.3 Å². The van der Waals surface area contributed by atoms with E-state index in [0.29, 0.717) is 30.8 Å². The number of ether oxygens (including phenoxy) is 2. The van der Waals surface area contributed by atoms with E-state index in [1.165, 1.54) is 6.07 Å². The molecule has 0 spiro atoms. The summed E-state index contributed by atoms with van der Waals surface area (Å²) in [6, 6.07) is 12.1. The molecule has 0 aliphatic heterocycles. The quantitative estimate of drug-likeness (QED) is 0.439. The molecular weight excluding hydrogens is 381 g/mol. The van der Waals surface area contributed by atoms with Crippen molar-refractivity contribution in [2.75, 3.05) is 13.2 Å². The van der Waals surface area contributed by atoms with Crippen LogP contribution in [0, 0.1) is 6.92 Å². The van der Waals surface area contributed by atoms with Gasteiger partial charge in [-0.15, -0.1) is 0 Å². The molecule has 0 aliphatic carbocycles. The topological polar surface area (TPSA) is 18.5 Å². The van der Waals surface area contributed by atoms with E-state index < -0.39 is 6.43 Å². The lowest BCUT2D eigenvalue weighted by Crippen LogP contribution is -2.03. The summed E-state index contributed by atoms with van der Waals surface area (Å²) in [6.45, 7) is 2.65. The molecule has 2 nitrogen and oxygen atoms in total. The molecule has 0 radical (unpaired) electrons. The Morgan fingerprint density at radius 3 is 2.58 bits per heavy atom. The molecule has 0 saturated carbocycles. The lowest BCUT2D eigenvalue weighted by Gasteiger charge is -2.12. The van der Waals surface area contributed by atoms with Crippen molar-refractivity contribution in [1.29, 1.82) is 0 Å². The monoisotopic (exact) mass is 400 g/mol. The predicted molar refractivity (Wildman–Crippen MR) is 102 cm³/mol. The SMILES string of the molecule is Cc1cc(OCC=C(Cl)Cl)ccc1OCCCc1ccccc1C(F)F. The lowest BCUT2D eigenvalue weighted by atomic mass is 10.0. The van der Waals surface area contributed by atoms with Crippen molar-refractivity contribution < 1.29 is 18.3 Å². The van der Waals surface area contributed by atoms with Gasteiger partial charge < -0.3 is 9.47 Å². The Bertz CT molecular complexity index is 744. The van der Waals surface area contributed by atoms with Crippen molar-refractivity contribution >= 4 is 23.2 Å². The fraction of sp³-hybridized carbons (Fsp3) is 0.300. The zero-order valence-electron chi connectivity index (χ0n) is 14.4. The molecule has 0 fully saturated rings. The fourth-order valence-electron chi connectivity index (χ4n) is 2.49. The van der Waals surface area contributed by atoms with E-state index in [4.69, 9.17) is 32.7 Å². The summed E-state index contributed by atoms with van der Waals surface area (Å²) in [5.41, 5.74) is 1.69. The molecule has 140 valence electrons. The van der Waals surface area contributed by atoms with Crippen molar-refractivity contribution in [3.63, 3.8) is 0 Å². The average molecular weight is 401 g/mol. The first kappa shape index (κ1) is 20.5. The zero-order chi connectivity index (χ0) is 18.9. The molecule has 0 heterocycles. The summed E-state index contributed by atoms with van der Waals surface area (Å²) in [6.07, 6.45) is 0.303. The van der Waals surface area contributed by atoms with Gasteiger partial charge in [0.05, 0.1) is 6.61 Å². The van der Waals surface area contributed by atoms with Gasteiger partial charge in [-0.3, -0.25) is 0 Å². The average Bonchev–Trinajstić information content (AvgIpc) is 2.60. The molecule has 2 aromatic carbocycles. The molecule has 2 rings (SSSR count). The third-order valence-electron chi connectivity index (χ3n) is 3.77. The largest absolute Gasteiger partial charge is 0.493 e. The van der Waals surface area contributed by atoms with Crippen LogP contribution in [0.4, 0.5) is 8.78 Å². The van der Waals surface area contributed by atoms with Gasteiger partial charge in [0.2, 0.25) is 0 Å². The molecule has 0 N–H and O–H groups in total. The van der Waals surface area contributed by atoms with Crippen LogP contribution in [0.15, 0.2) is 53.0 Å². The minimum absolute atomic E-state index is 0.0938. The molecule has 0 amide bonds. The maximum absolute atomic E-state index is 13.0. The van der Waals surface area contributed by atoms with Crippen molar-refractivity contribution in [2.45, 2.75) is 26.2 Å². The van der Waals surface area contributed by atoms with Gasteiger partial charge >= 0.3 is 0 Å². The Labute approximate surface area is 162 Å². The molecule has 0 atom stereocenters. The molecule has 0 aliphatic rings. The van der Waals surface area contributed by atoms with Gasteiger partial charge in [-0.1, -0.05) is 47.5 Å².